The summed E-state index contributed by atoms with van der Waals surface area (Å²) in [7, 11) is -2.53. The molecule has 1 saturated heterocycles. The van der Waals surface area contributed by atoms with Crippen LogP contribution in [0.3, 0.4) is 0 Å². The molecule has 3 heterocycles. The number of nitrogens with one attached hydrogen (secondary N) is 2. The first-order valence-electron chi connectivity index (χ1n) is 16.1. The van der Waals surface area contributed by atoms with Crippen LogP contribution >= 0.6 is 0 Å². The molecule has 4 N–H and O–H groups in total. The number of benzene rings is 4. The van der Waals surface area contributed by atoms with Crippen LogP contribution in [-0.2, 0) is 21.4 Å². The number of primary sulfonamides is 1. The number of hydrogen-bond acceptors (Lipinski definition) is 8. The number of sulfonamides is 1. The second-order valence-electron chi connectivity index (χ2n) is 12.4. The number of piperidine rings is 1. The maximum Gasteiger partial charge on any atom is 0.258 e. The van der Waals surface area contributed by atoms with Crippen molar-refractivity contribution in [1.29, 1.82) is 0 Å². The van der Waals surface area contributed by atoms with Crippen LogP contribution in [0.2, 0.25) is 0 Å². The third-order valence-corrected chi connectivity index (χ3v) is 10.0. The Hall–Kier alpha value is -5.40. The Morgan fingerprint density at radius 1 is 0.960 bits per heavy atom. The van der Waals surface area contributed by atoms with Gasteiger partial charge in [0.15, 0.2) is 6.61 Å². The predicted octanol–water partition coefficient (Wildman–Crippen LogP) is 3.73. The van der Waals surface area contributed by atoms with Gasteiger partial charge in [-0.25, -0.2) is 13.6 Å². The van der Waals surface area contributed by atoms with Gasteiger partial charge in [0.25, 0.3) is 17.7 Å². The summed E-state index contributed by atoms with van der Waals surface area (Å²) in [6, 6.07) is 21.8. The van der Waals surface area contributed by atoms with Gasteiger partial charge in [-0.15, -0.1) is 0 Å². The summed E-state index contributed by atoms with van der Waals surface area (Å²) in [6.07, 6.45) is -0.132. The largest absolute Gasteiger partial charge is 0.496 e. The van der Waals surface area contributed by atoms with E-state index in [1.807, 2.05) is 18.2 Å². The van der Waals surface area contributed by atoms with E-state index in [4.69, 9.17) is 19.3 Å². The van der Waals surface area contributed by atoms with Gasteiger partial charge < -0.3 is 29.7 Å². The molecule has 0 aliphatic carbocycles. The summed E-state index contributed by atoms with van der Waals surface area (Å²) in [5, 5.41) is 11.4. The minimum Gasteiger partial charge on any atom is -0.496 e. The molecule has 0 spiro atoms. The molecule has 7 rings (SSSR count). The summed E-state index contributed by atoms with van der Waals surface area (Å²) in [6.45, 7) is 3.87. The summed E-state index contributed by atoms with van der Waals surface area (Å²) in [5.41, 5.74) is 3.83. The van der Waals surface area contributed by atoms with Gasteiger partial charge in [-0.3, -0.25) is 14.4 Å². The second kappa shape index (κ2) is 14.2. The lowest BCUT2D eigenvalue weighted by Crippen LogP contribution is -2.58. The van der Waals surface area contributed by atoms with E-state index in [1.165, 1.54) is 13.2 Å². The van der Waals surface area contributed by atoms with Crippen molar-refractivity contribution in [2.45, 2.75) is 43.9 Å². The number of rotatable bonds is 3. The van der Waals surface area contributed by atoms with E-state index in [2.05, 4.69) is 10.6 Å². The lowest BCUT2D eigenvalue weighted by atomic mass is 9.98. The van der Waals surface area contributed by atoms with Crippen molar-refractivity contribution in [1.82, 2.24) is 15.5 Å². The van der Waals surface area contributed by atoms with E-state index in [0.717, 1.165) is 5.56 Å². The Morgan fingerprint density at radius 2 is 1.74 bits per heavy atom. The first-order valence-corrected chi connectivity index (χ1v) is 17.6. The molecular weight excluding hydrogens is 660 g/mol. The number of carbonyl (C=O) groups is 3. The zero-order valence-electron chi connectivity index (χ0n) is 27.9. The molecule has 3 aliphatic rings. The van der Waals surface area contributed by atoms with Crippen molar-refractivity contribution in [2.24, 2.45) is 5.14 Å². The van der Waals surface area contributed by atoms with E-state index in [1.54, 1.807) is 73.3 Å². The minimum absolute atomic E-state index is 0.0966. The average Bonchev–Trinajstić information content (AvgIpc) is 3.10. The normalized spacial score (nSPS) is 18.1. The van der Waals surface area contributed by atoms with Crippen molar-refractivity contribution in [3.8, 4) is 28.4 Å². The van der Waals surface area contributed by atoms with Gasteiger partial charge >= 0.3 is 0 Å². The second-order valence-corrected chi connectivity index (χ2v) is 13.9. The third kappa shape index (κ3) is 7.58. The Bertz CT molecular complexity index is 2070. The van der Waals surface area contributed by atoms with E-state index in [9.17, 15) is 22.8 Å². The molecule has 0 unspecified atom stereocenters. The molecule has 0 aromatic heterocycles. The number of ether oxygens (including phenoxy) is 3. The molecule has 12 nitrogen and oxygen atoms in total. The van der Waals surface area contributed by atoms with Gasteiger partial charge in [0.05, 0.1) is 18.0 Å². The summed E-state index contributed by atoms with van der Waals surface area (Å²) in [4.78, 5) is 41.8. The molecular formula is C37H38N4O8S. The standard InChI is InChI=1S/C37H38N4O8S/c1-22-15-27(18-34(23(22)2)50(38,45)46)37(44)41-14-13-33-31(20-41)40-36(43)26-9-12-32(47-3)30(17-26)25-5-4-6-29(16-25)48-21-35(42)39-19-24-7-10-28(49-33)11-8-24/h4-12,15-18,31,33H,13-14,19-21H2,1-3H3,(H,39,42)(H,40,43)(H2,38,45,46)/t31-,33-/m1/s1. The maximum absolute atomic E-state index is 13.9. The van der Waals surface area contributed by atoms with Gasteiger partial charge in [-0.2, -0.15) is 0 Å². The van der Waals surface area contributed by atoms with E-state index in [0.29, 0.717) is 58.0 Å². The van der Waals surface area contributed by atoms with Crippen molar-refractivity contribution in [2.75, 3.05) is 26.8 Å². The van der Waals surface area contributed by atoms with Crippen LogP contribution in [0.25, 0.3) is 11.1 Å². The number of hydrogen-bond donors (Lipinski definition) is 3. The summed E-state index contributed by atoms with van der Waals surface area (Å²) >= 11 is 0. The number of amides is 3. The molecule has 4 aromatic carbocycles. The predicted molar refractivity (Wildman–Crippen MR) is 186 cm³/mol. The van der Waals surface area contributed by atoms with Crippen molar-refractivity contribution >= 4 is 27.7 Å². The molecule has 3 aliphatic heterocycles. The Labute approximate surface area is 290 Å². The fourth-order valence-electron chi connectivity index (χ4n) is 6.16. The highest BCUT2D eigenvalue weighted by Gasteiger charge is 2.35. The molecule has 260 valence electrons. The van der Waals surface area contributed by atoms with Gasteiger partial charge in [0.1, 0.15) is 23.4 Å². The number of methoxy groups -OCH3 is 1. The van der Waals surface area contributed by atoms with Gasteiger partial charge in [-0.1, -0.05) is 24.3 Å². The summed E-state index contributed by atoms with van der Waals surface area (Å²) in [5.74, 6) is 0.492. The van der Waals surface area contributed by atoms with Crippen LogP contribution < -0.4 is 30.0 Å². The first kappa shape index (κ1) is 34.5. The van der Waals surface area contributed by atoms with Gasteiger partial charge in [-0.05, 0) is 90.7 Å². The Balaban J connectivity index is 1.35. The smallest absolute Gasteiger partial charge is 0.258 e. The lowest BCUT2D eigenvalue weighted by Gasteiger charge is -2.39. The highest BCUT2D eigenvalue weighted by atomic mass is 32.2. The zero-order valence-corrected chi connectivity index (χ0v) is 28.7. The third-order valence-electron chi connectivity index (χ3n) is 9.00. The number of fused-ring (bicyclic) bond motifs is 7. The SMILES string of the molecule is COc1ccc2cc1-c1cccc(c1)OCC(=O)NCc1ccc(cc1)O[C@@H]1CCN(C(=O)c3cc(C)c(C)c(S(N)(=O)=O)c3)C[C@H]1NC2=O. The number of likely N-dealkylation sites (tertiary alicyclic amines) is 1. The number of carbonyl (C=O) groups excluding carboxylic acids is 3. The Morgan fingerprint density at radius 3 is 2.48 bits per heavy atom. The van der Waals surface area contributed by atoms with Crippen molar-refractivity contribution in [3.63, 3.8) is 0 Å². The maximum atomic E-state index is 13.9. The van der Waals surface area contributed by atoms with E-state index < -0.39 is 34.0 Å². The van der Waals surface area contributed by atoms with Crippen LogP contribution in [-0.4, -0.2) is 70.0 Å². The van der Waals surface area contributed by atoms with Crippen molar-refractivity contribution < 1.29 is 37.0 Å². The summed E-state index contributed by atoms with van der Waals surface area (Å²) < 4.78 is 42.4. The van der Waals surface area contributed by atoms with Crippen LogP contribution in [0.1, 0.15) is 43.8 Å². The minimum atomic E-state index is -4.07. The molecule has 4 aromatic rings. The molecule has 50 heavy (non-hydrogen) atoms. The topological polar surface area (TPSA) is 166 Å². The number of nitrogens with two attached hydrogens (primary N) is 1. The molecule has 0 radical (unpaired) electrons. The average molecular weight is 699 g/mol. The van der Waals surface area contributed by atoms with E-state index >= 15 is 0 Å². The van der Waals surface area contributed by atoms with Crippen LogP contribution in [0.5, 0.6) is 17.2 Å². The van der Waals surface area contributed by atoms with Crippen LogP contribution in [0.15, 0.2) is 83.8 Å². The molecule has 0 saturated carbocycles. The molecule has 1 fully saturated rings. The molecule has 6 bridgehead atoms. The quantitative estimate of drug-likeness (QED) is 0.291. The molecule has 2 atom stereocenters. The highest BCUT2D eigenvalue weighted by Crippen LogP contribution is 2.33. The van der Waals surface area contributed by atoms with E-state index in [-0.39, 0.29) is 36.1 Å². The number of aryl methyl sites for hydroxylation is 1. The highest BCUT2D eigenvalue weighted by molar-refractivity contribution is 7.89. The van der Waals surface area contributed by atoms with Gasteiger partial charge in [0.2, 0.25) is 10.0 Å². The zero-order chi connectivity index (χ0) is 35.6. The van der Waals surface area contributed by atoms with Gasteiger partial charge in [0, 0.05) is 42.7 Å². The fraction of sp³-hybridized carbons (Fsp3) is 0.270. The van der Waals surface area contributed by atoms with Crippen LogP contribution in [0, 0.1) is 13.8 Å². The monoisotopic (exact) mass is 698 g/mol. The number of nitrogens with zero attached hydrogens (tertiary/aromatic N) is 1. The first-order chi connectivity index (χ1) is 23.9. The Kier molecular flexibility index (Phi) is 9.80. The lowest BCUT2D eigenvalue weighted by molar-refractivity contribution is -0.123. The van der Waals surface area contributed by atoms with Crippen molar-refractivity contribution in [3.05, 3.63) is 107 Å². The fourth-order valence-corrected chi connectivity index (χ4v) is 7.04. The molecule has 3 amide bonds. The van der Waals surface area contributed by atoms with Crippen LogP contribution in [0.4, 0.5) is 0 Å². The molecule has 13 heteroatoms.